The number of hydrogen-bond acceptors (Lipinski definition) is 7. The van der Waals surface area contributed by atoms with E-state index in [-0.39, 0.29) is 36.0 Å². The van der Waals surface area contributed by atoms with Crippen LogP contribution in [0.15, 0.2) is 60.7 Å². The third-order valence-corrected chi connectivity index (χ3v) is 11.6. The van der Waals surface area contributed by atoms with Gasteiger partial charge in [-0.25, -0.2) is 4.79 Å². The van der Waals surface area contributed by atoms with Crippen LogP contribution in [0.2, 0.25) is 0 Å². The number of hydrogen-bond donors (Lipinski definition) is 2. The minimum Gasteiger partial charge on any atom is -0.480 e. The van der Waals surface area contributed by atoms with Crippen LogP contribution in [0.25, 0.3) is 0 Å². The molecule has 13 nitrogen and oxygen atoms in total. The molecule has 0 bridgehead atoms. The van der Waals surface area contributed by atoms with Crippen molar-refractivity contribution in [2.45, 2.75) is 109 Å². The molecule has 0 saturated carbocycles. The summed E-state index contributed by atoms with van der Waals surface area (Å²) in [6, 6.07) is 13.9. The molecule has 2 fully saturated rings. The van der Waals surface area contributed by atoms with Crippen molar-refractivity contribution in [2.75, 3.05) is 41.3 Å². The van der Waals surface area contributed by atoms with Crippen molar-refractivity contribution >= 4 is 35.5 Å². The standard InChI is InChI=1S/C43H62N6O7/c1-9-29(4)37(42(54)49-25-17-23-34(49)43(55)56)47(8)40(52)33-22-16-24-48(33)41(53)36(28(2)3)46(7)39(51)32(26-30-18-12-10-13-19-30)44-38(50)35(45(5)6)27-31-20-14-11-15-21-31/h10-15,18-21,28-29,32-37H,9,16-17,22-27H2,1-8H3,(H,44,50)(H,55,56)/t29-,32+,33-,34-,35-,36-,37-/m0/s1. The number of aliphatic carboxylic acids is 1. The van der Waals surface area contributed by atoms with Crippen molar-refractivity contribution in [3.05, 3.63) is 71.8 Å². The molecule has 0 spiro atoms. The summed E-state index contributed by atoms with van der Waals surface area (Å²) in [7, 11) is 6.79. The molecule has 2 aromatic carbocycles. The molecule has 5 amide bonds. The number of likely N-dealkylation sites (tertiary alicyclic amines) is 2. The van der Waals surface area contributed by atoms with Gasteiger partial charge in [-0.05, 0) is 69.2 Å². The SMILES string of the molecule is CC[C@H](C)[C@@H](C(=O)N1CCC[C@H]1C(=O)O)N(C)C(=O)[C@@H]1CCCN1C(=O)[C@H](C(C)C)N(C)C(=O)[C@@H](Cc1ccccc1)NC(=O)[C@H](Cc1ccccc1)N(C)C. The van der Waals surface area contributed by atoms with Crippen LogP contribution in [0.4, 0.5) is 0 Å². The second kappa shape index (κ2) is 19.9. The molecule has 0 aromatic heterocycles. The average molecular weight is 775 g/mol. The molecule has 2 aliphatic rings. The van der Waals surface area contributed by atoms with Gasteiger partial charge in [0.25, 0.3) is 0 Å². The summed E-state index contributed by atoms with van der Waals surface area (Å²) >= 11 is 0. The molecule has 306 valence electrons. The van der Waals surface area contributed by atoms with Crippen molar-refractivity contribution in [3.63, 3.8) is 0 Å². The van der Waals surface area contributed by atoms with Crippen LogP contribution >= 0.6 is 0 Å². The van der Waals surface area contributed by atoms with E-state index in [1.807, 2.05) is 107 Å². The van der Waals surface area contributed by atoms with E-state index in [0.717, 1.165) is 11.1 Å². The zero-order valence-corrected chi connectivity index (χ0v) is 34.4. The van der Waals surface area contributed by atoms with Gasteiger partial charge in [0, 0.05) is 33.6 Å². The highest BCUT2D eigenvalue weighted by Gasteiger charge is 2.46. The summed E-state index contributed by atoms with van der Waals surface area (Å²) in [4.78, 5) is 91.0. The van der Waals surface area contributed by atoms with Gasteiger partial charge in [0.2, 0.25) is 29.5 Å². The number of nitrogens with zero attached hydrogens (tertiary/aromatic N) is 5. The van der Waals surface area contributed by atoms with Gasteiger partial charge in [-0.1, -0.05) is 94.8 Å². The van der Waals surface area contributed by atoms with Crippen LogP contribution < -0.4 is 5.32 Å². The number of benzene rings is 2. The van der Waals surface area contributed by atoms with Crippen molar-refractivity contribution in [1.82, 2.24) is 29.8 Å². The Bertz CT molecular complexity index is 1670. The van der Waals surface area contributed by atoms with Gasteiger partial charge in [-0.2, -0.15) is 0 Å². The lowest BCUT2D eigenvalue weighted by Gasteiger charge is -2.40. The molecule has 13 heteroatoms. The zero-order valence-electron chi connectivity index (χ0n) is 34.4. The molecule has 2 aliphatic heterocycles. The lowest BCUT2D eigenvalue weighted by molar-refractivity contribution is -0.157. The number of carboxylic acid groups (broad SMARTS) is 1. The van der Waals surface area contributed by atoms with Gasteiger partial charge in [0.05, 0.1) is 6.04 Å². The molecule has 2 saturated heterocycles. The lowest BCUT2D eigenvalue weighted by atomic mass is 9.95. The maximum absolute atomic E-state index is 14.6. The molecule has 56 heavy (non-hydrogen) atoms. The van der Waals surface area contributed by atoms with E-state index in [9.17, 15) is 33.9 Å². The molecular weight excluding hydrogens is 713 g/mol. The van der Waals surface area contributed by atoms with Crippen molar-refractivity contribution in [3.8, 4) is 0 Å². The number of likely N-dealkylation sites (N-methyl/N-ethyl adjacent to an activating group) is 3. The number of carboxylic acids is 1. The third kappa shape index (κ3) is 10.3. The summed E-state index contributed by atoms with van der Waals surface area (Å²) in [5.74, 6) is -3.56. The van der Waals surface area contributed by atoms with E-state index >= 15 is 0 Å². The van der Waals surface area contributed by atoms with E-state index in [4.69, 9.17) is 0 Å². The molecule has 7 atom stereocenters. The zero-order chi connectivity index (χ0) is 41.3. The Balaban J connectivity index is 1.58. The van der Waals surface area contributed by atoms with Gasteiger partial charge < -0.3 is 30.0 Å². The molecule has 0 aliphatic carbocycles. The topological polar surface area (TPSA) is 151 Å². The first-order chi connectivity index (χ1) is 26.6. The van der Waals surface area contributed by atoms with Crippen LogP contribution in [0.5, 0.6) is 0 Å². The van der Waals surface area contributed by atoms with E-state index in [1.165, 1.54) is 19.6 Å². The average Bonchev–Trinajstić information content (AvgIpc) is 3.88. The molecule has 2 heterocycles. The highest BCUT2D eigenvalue weighted by Crippen LogP contribution is 2.28. The van der Waals surface area contributed by atoms with Crippen LogP contribution in [0, 0.1) is 11.8 Å². The Morgan fingerprint density at radius 1 is 0.732 bits per heavy atom. The quantitative estimate of drug-likeness (QED) is 0.249. The Morgan fingerprint density at radius 3 is 1.73 bits per heavy atom. The van der Waals surface area contributed by atoms with Crippen molar-refractivity contribution in [2.24, 2.45) is 11.8 Å². The minimum atomic E-state index is -1.06. The highest BCUT2D eigenvalue weighted by atomic mass is 16.4. The summed E-state index contributed by atoms with van der Waals surface area (Å²) in [5.41, 5.74) is 1.83. The third-order valence-electron chi connectivity index (χ3n) is 11.6. The van der Waals surface area contributed by atoms with E-state index in [0.29, 0.717) is 51.6 Å². The van der Waals surface area contributed by atoms with Crippen LogP contribution in [0.3, 0.4) is 0 Å². The second-order valence-corrected chi connectivity index (χ2v) is 16.1. The maximum Gasteiger partial charge on any atom is 0.326 e. The molecule has 2 aromatic rings. The van der Waals surface area contributed by atoms with E-state index in [1.54, 1.807) is 14.1 Å². The van der Waals surface area contributed by atoms with Crippen molar-refractivity contribution < 1.29 is 33.9 Å². The molecule has 4 rings (SSSR count). The Morgan fingerprint density at radius 2 is 1.23 bits per heavy atom. The van der Waals surface area contributed by atoms with E-state index < -0.39 is 54.0 Å². The second-order valence-electron chi connectivity index (χ2n) is 16.1. The van der Waals surface area contributed by atoms with Gasteiger partial charge in [0.15, 0.2) is 0 Å². The molecule has 2 N–H and O–H groups in total. The van der Waals surface area contributed by atoms with Crippen LogP contribution in [-0.2, 0) is 41.6 Å². The predicted octanol–water partition coefficient (Wildman–Crippen LogP) is 3.31. The fraction of sp³-hybridized carbons (Fsp3) is 0.581. The number of nitrogens with one attached hydrogen (secondary N) is 1. The number of amides is 5. The first-order valence-corrected chi connectivity index (χ1v) is 20.0. The minimum absolute atomic E-state index is 0.209. The number of rotatable bonds is 17. The monoisotopic (exact) mass is 774 g/mol. The summed E-state index contributed by atoms with van der Waals surface area (Å²) in [5, 5.41) is 12.8. The Kier molecular flexibility index (Phi) is 15.6. The van der Waals surface area contributed by atoms with Gasteiger partial charge in [-0.3, -0.25) is 28.9 Å². The molecule has 0 unspecified atom stereocenters. The van der Waals surface area contributed by atoms with Crippen LogP contribution in [-0.4, -0.2) is 143 Å². The highest BCUT2D eigenvalue weighted by molar-refractivity contribution is 5.97. The van der Waals surface area contributed by atoms with Gasteiger partial charge >= 0.3 is 5.97 Å². The van der Waals surface area contributed by atoms with Gasteiger partial charge in [0.1, 0.15) is 30.2 Å². The predicted molar refractivity (Wildman–Crippen MR) is 214 cm³/mol. The molecule has 0 radical (unpaired) electrons. The van der Waals surface area contributed by atoms with E-state index in [2.05, 4.69) is 5.32 Å². The van der Waals surface area contributed by atoms with Crippen molar-refractivity contribution in [1.29, 1.82) is 0 Å². The first-order valence-electron chi connectivity index (χ1n) is 20.0. The number of carbonyl (C=O) groups is 6. The number of carbonyl (C=O) groups excluding carboxylic acids is 5. The Hall–Kier alpha value is -4.78. The van der Waals surface area contributed by atoms with Crippen LogP contribution in [0.1, 0.15) is 70.9 Å². The summed E-state index contributed by atoms with van der Waals surface area (Å²) in [6.45, 7) is 8.11. The maximum atomic E-state index is 14.6. The molecular formula is C43H62N6O7. The fourth-order valence-corrected chi connectivity index (χ4v) is 8.25. The smallest absolute Gasteiger partial charge is 0.326 e. The largest absolute Gasteiger partial charge is 0.480 e. The van der Waals surface area contributed by atoms with Gasteiger partial charge in [-0.15, -0.1) is 0 Å². The Labute approximate surface area is 332 Å². The fourth-order valence-electron chi connectivity index (χ4n) is 8.25. The summed E-state index contributed by atoms with van der Waals surface area (Å²) in [6.07, 6.45) is 3.11. The lowest BCUT2D eigenvalue weighted by Crippen LogP contribution is -2.61. The first kappa shape index (κ1) is 43.9. The summed E-state index contributed by atoms with van der Waals surface area (Å²) < 4.78 is 0. The normalized spacial score (nSPS) is 19.6.